The summed E-state index contributed by atoms with van der Waals surface area (Å²) in [4.78, 5) is 22.3. The first kappa shape index (κ1) is 18.2. The first-order valence-electron chi connectivity index (χ1n) is 8.91. The maximum Gasteiger partial charge on any atom is 0.233 e. The summed E-state index contributed by atoms with van der Waals surface area (Å²) in [7, 11) is 0. The SMILES string of the molecule is O=C(CSc1n[nH]c(-c2cccs2)n1)N1CCN(Cc2ccccc2)CC1. The van der Waals surface area contributed by atoms with Crippen molar-refractivity contribution >= 4 is 29.0 Å². The van der Waals surface area contributed by atoms with Gasteiger partial charge < -0.3 is 4.90 Å². The zero-order chi connectivity index (χ0) is 18.5. The number of hydrogen-bond donors (Lipinski definition) is 1. The summed E-state index contributed by atoms with van der Waals surface area (Å²) in [5, 5.41) is 9.77. The zero-order valence-corrected chi connectivity index (χ0v) is 16.5. The molecule has 1 fully saturated rings. The van der Waals surface area contributed by atoms with Crippen molar-refractivity contribution < 1.29 is 4.79 Å². The molecule has 4 rings (SSSR count). The van der Waals surface area contributed by atoms with E-state index >= 15 is 0 Å². The number of carbonyl (C=O) groups is 1. The molecule has 0 aliphatic carbocycles. The molecule has 0 bridgehead atoms. The predicted octanol–water partition coefficient (Wildman–Crippen LogP) is 2.97. The molecule has 27 heavy (non-hydrogen) atoms. The normalized spacial score (nSPS) is 15.2. The first-order valence-corrected chi connectivity index (χ1v) is 10.8. The van der Waals surface area contributed by atoms with Crippen molar-refractivity contribution in [3.05, 3.63) is 53.4 Å². The van der Waals surface area contributed by atoms with Gasteiger partial charge in [-0.15, -0.1) is 16.4 Å². The number of H-pyrrole nitrogens is 1. The third-order valence-electron chi connectivity index (χ3n) is 4.52. The maximum absolute atomic E-state index is 12.5. The van der Waals surface area contributed by atoms with E-state index in [1.54, 1.807) is 11.3 Å². The molecule has 3 aromatic rings. The van der Waals surface area contributed by atoms with Crippen LogP contribution in [0.2, 0.25) is 0 Å². The minimum absolute atomic E-state index is 0.154. The number of hydrogen-bond acceptors (Lipinski definition) is 6. The Hall–Kier alpha value is -2.16. The van der Waals surface area contributed by atoms with Crippen LogP contribution in [0.1, 0.15) is 5.56 Å². The Morgan fingerprint density at radius 1 is 1.11 bits per heavy atom. The number of nitrogens with zero attached hydrogens (tertiary/aromatic N) is 4. The molecule has 0 saturated carbocycles. The van der Waals surface area contributed by atoms with Crippen molar-refractivity contribution in [2.75, 3.05) is 31.9 Å². The van der Waals surface area contributed by atoms with Crippen molar-refractivity contribution in [3.63, 3.8) is 0 Å². The number of aromatic nitrogens is 3. The number of nitrogens with one attached hydrogen (secondary N) is 1. The zero-order valence-electron chi connectivity index (χ0n) is 14.9. The Morgan fingerprint density at radius 3 is 2.67 bits per heavy atom. The number of thiophene rings is 1. The summed E-state index contributed by atoms with van der Waals surface area (Å²) in [6.45, 7) is 4.32. The molecule has 6 nitrogen and oxygen atoms in total. The average Bonchev–Trinajstić information content (AvgIpc) is 3.39. The van der Waals surface area contributed by atoms with Crippen LogP contribution in [0.15, 0.2) is 53.0 Å². The van der Waals surface area contributed by atoms with Crippen molar-refractivity contribution in [2.24, 2.45) is 0 Å². The van der Waals surface area contributed by atoms with Crippen molar-refractivity contribution in [3.8, 4) is 10.7 Å². The van der Waals surface area contributed by atoms with Gasteiger partial charge >= 0.3 is 0 Å². The summed E-state index contributed by atoms with van der Waals surface area (Å²) in [6, 6.07) is 14.5. The van der Waals surface area contributed by atoms with Crippen molar-refractivity contribution in [1.29, 1.82) is 0 Å². The van der Waals surface area contributed by atoms with E-state index in [0.29, 0.717) is 10.9 Å². The Labute approximate surface area is 166 Å². The lowest BCUT2D eigenvalue weighted by molar-refractivity contribution is -0.130. The quantitative estimate of drug-likeness (QED) is 0.646. The number of rotatable bonds is 6. The molecular formula is C19H21N5OS2. The van der Waals surface area contributed by atoms with Crippen LogP contribution in [-0.4, -0.2) is 62.8 Å². The number of benzene rings is 1. The minimum Gasteiger partial charge on any atom is -0.339 e. The Balaban J connectivity index is 1.23. The van der Waals surface area contributed by atoms with E-state index < -0.39 is 0 Å². The maximum atomic E-state index is 12.5. The first-order chi connectivity index (χ1) is 13.3. The van der Waals surface area contributed by atoms with E-state index in [1.165, 1.54) is 17.3 Å². The van der Waals surface area contributed by atoms with Gasteiger partial charge in [0, 0.05) is 32.7 Å². The molecule has 0 radical (unpaired) electrons. The van der Waals surface area contributed by atoms with E-state index in [-0.39, 0.29) is 5.91 Å². The molecule has 1 aromatic carbocycles. The van der Waals surface area contributed by atoms with Gasteiger partial charge in [-0.25, -0.2) is 4.98 Å². The third kappa shape index (κ3) is 4.77. The summed E-state index contributed by atoms with van der Waals surface area (Å²) in [6.07, 6.45) is 0. The van der Waals surface area contributed by atoms with Crippen molar-refractivity contribution in [1.82, 2.24) is 25.0 Å². The highest BCUT2D eigenvalue weighted by Gasteiger charge is 2.21. The van der Waals surface area contributed by atoms with Crippen LogP contribution in [0.5, 0.6) is 0 Å². The van der Waals surface area contributed by atoms with Crippen LogP contribution >= 0.6 is 23.1 Å². The Morgan fingerprint density at radius 2 is 1.93 bits per heavy atom. The van der Waals surface area contributed by atoms with Crippen LogP contribution in [0.3, 0.4) is 0 Å². The van der Waals surface area contributed by atoms with Crippen LogP contribution in [-0.2, 0) is 11.3 Å². The van der Waals surface area contributed by atoms with Gasteiger partial charge in [-0.2, -0.15) is 0 Å². The lowest BCUT2D eigenvalue weighted by Crippen LogP contribution is -2.48. The lowest BCUT2D eigenvalue weighted by Gasteiger charge is -2.34. The fourth-order valence-corrected chi connectivity index (χ4v) is 4.41. The highest BCUT2D eigenvalue weighted by Crippen LogP contribution is 2.23. The smallest absolute Gasteiger partial charge is 0.233 e. The van der Waals surface area contributed by atoms with E-state index in [9.17, 15) is 4.79 Å². The second-order valence-corrected chi connectivity index (χ2v) is 8.27. The minimum atomic E-state index is 0.154. The molecule has 140 valence electrons. The van der Waals surface area contributed by atoms with Gasteiger partial charge in [-0.3, -0.25) is 14.8 Å². The highest BCUT2D eigenvalue weighted by atomic mass is 32.2. The Bertz CT molecular complexity index is 857. The third-order valence-corrected chi connectivity index (χ3v) is 6.23. The second kappa shape index (κ2) is 8.69. The molecular weight excluding hydrogens is 378 g/mol. The van der Waals surface area contributed by atoms with Gasteiger partial charge in [-0.1, -0.05) is 48.2 Å². The largest absolute Gasteiger partial charge is 0.339 e. The van der Waals surface area contributed by atoms with Gasteiger partial charge in [0.2, 0.25) is 11.1 Å². The standard InChI is InChI=1S/C19H21N5OS2/c25-17(14-27-19-20-18(21-22-19)16-7-4-12-26-16)24-10-8-23(9-11-24)13-15-5-2-1-3-6-15/h1-7,12H,8-11,13-14H2,(H,20,21,22). The molecule has 1 saturated heterocycles. The molecule has 8 heteroatoms. The molecule has 1 aliphatic rings. The van der Waals surface area contributed by atoms with Crippen LogP contribution in [0.25, 0.3) is 10.7 Å². The van der Waals surface area contributed by atoms with Crippen LogP contribution < -0.4 is 0 Å². The Kier molecular flexibility index (Phi) is 5.86. The van der Waals surface area contributed by atoms with Crippen LogP contribution in [0.4, 0.5) is 0 Å². The number of aromatic amines is 1. The molecule has 1 aliphatic heterocycles. The van der Waals surface area contributed by atoms with E-state index in [4.69, 9.17) is 0 Å². The summed E-state index contributed by atoms with van der Waals surface area (Å²) in [5.41, 5.74) is 1.32. The molecule has 1 amide bonds. The monoisotopic (exact) mass is 399 g/mol. The highest BCUT2D eigenvalue weighted by molar-refractivity contribution is 7.99. The summed E-state index contributed by atoms with van der Waals surface area (Å²) >= 11 is 3.00. The molecule has 0 unspecified atom stereocenters. The van der Waals surface area contributed by atoms with Crippen LogP contribution in [0, 0.1) is 0 Å². The van der Waals surface area contributed by atoms with Gasteiger partial charge in [0.25, 0.3) is 0 Å². The molecule has 3 heterocycles. The van der Waals surface area contributed by atoms with E-state index in [1.807, 2.05) is 28.5 Å². The average molecular weight is 400 g/mol. The summed E-state index contributed by atoms with van der Waals surface area (Å²) in [5.74, 6) is 1.29. The molecule has 0 atom stereocenters. The number of carbonyl (C=O) groups excluding carboxylic acids is 1. The van der Waals surface area contributed by atoms with Gasteiger partial charge in [0.15, 0.2) is 5.82 Å². The topological polar surface area (TPSA) is 65.1 Å². The fourth-order valence-electron chi connectivity index (χ4n) is 3.05. The van der Waals surface area contributed by atoms with E-state index in [2.05, 4.69) is 44.3 Å². The molecule has 1 N–H and O–H groups in total. The summed E-state index contributed by atoms with van der Waals surface area (Å²) < 4.78 is 0. The molecule has 0 spiro atoms. The number of thioether (sulfide) groups is 1. The fraction of sp³-hybridized carbons (Fsp3) is 0.316. The number of piperazine rings is 1. The van der Waals surface area contributed by atoms with Gasteiger partial charge in [0.1, 0.15) is 0 Å². The number of amides is 1. The van der Waals surface area contributed by atoms with Crippen molar-refractivity contribution in [2.45, 2.75) is 11.7 Å². The second-order valence-electron chi connectivity index (χ2n) is 6.38. The predicted molar refractivity (Wildman–Crippen MR) is 109 cm³/mol. The van der Waals surface area contributed by atoms with Gasteiger partial charge in [0.05, 0.1) is 10.6 Å². The van der Waals surface area contributed by atoms with E-state index in [0.717, 1.165) is 43.4 Å². The lowest BCUT2D eigenvalue weighted by atomic mass is 10.2. The molecule has 2 aromatic heterocycles. The van der Waals surface area contributed by atoms with Gasteiger partial charge in [-0.05, 0) is 17.0 Å².